The topological polar surface area (TPSA) is 81.4 Å². The van der Waals surface area contributed by atoms with Crippen molar-refractivity contribution in [1.82, 2.24) is 19.6 Å². The predicted molar refractivity (Wildman–Crippen MR) is 98.3 cm³/mol. The van der Waals surface area contributed by atoms with E-state index in [1.807, 2.05) is 35.6 Å². The third-order valence-corrected chi connectivity index (χ3v) is 3.93. The van der Waals surface area contributed by atoms with Gasteiger partial charge in [0.25, 0.3) is 5.88 Å². The number of carbonyl (C=O) groups excluding carboxylic acids is 1. The molecule has 0 spiro atoms. The molecule has 0 unspecified atom stereocenters. The SMILES string of the molecule is CCCC(=O)Nc1ccc(Oc2nc3ccccc3n3cnnc23)cc1. The van der Waals surface area contributed by atoms with Crippen LogP contribution in [0.1, 0.15) is 19.8 Å². The molecule has 1 N–H and O–H groups in total. The van der Waals surface area contributed by atoms with E-state index in [2.05, 4.69) is 20.5 Å². The van der Waals surface area contributed by atoms with Crippen molar-refractivity contribution >= 4 is 28.3 Å². The first-order valence-electron chi connectivity index (χ1n) is 8.41. The van der Waals surface area contributed by atoms with Gasteiger partial charge in [0.1, 0.15) is 12.1 Å². The molecule has 0 bridgehead atoms. The van der Waals surface area contributed by atoms with Gasteiger partial charge in [0, 0.05) is 12.1 Å². The van der Waals surface area contributed by atoms with E-state index in [0.717, 1.165) is 23.1 Å². The van der Waals surface area contributed by atoms with Gasteiger partial charge in [0.05, 0.1) is 11.0 Å². The molecule has 0 atom stereocenters. The highest BCUT2D eigenvalue weighted by Gasteiger charge is 2.12. The summed E-state index contributed by atoms with van der Waals surface area (Å²) in [5, 5.41) is 10.9. The summed E-state index contributed by atoms with van der Waals surface area (Å²) in [5.74, 6) is 0.984. The highest BCUT2D eigenvalue weighted by atomic mass is 16.5. The first-order valence-corrected chi connectivity index (χ1v) is 8.41. The van der Waals surface area contributed by atoms with Crippen molar-refractivity contribution in [3.63, 3.8) is 0 Å². The molecule has 0 saturated carbocycles. The molecule has 7 nitrogen and oxygen atoms in total. The molecule has 0 aliphatic heterocycles. The summed E-state index contributed by atoms with van der Waals surface area (Å²) in [6, 6.07) is 14.9. The van der Waals surface area contributed by atoms with Gasteiger partial charge < -0.3 is 10.1 Å². The van der Waals surface area contributed by atoms with Crippen LogP contribution in [0.2, 0.25) is 0 Å². The number of para-hydroxylation sites is 2. The Morgan fingerprint density at radius 2 is 1.96 bits per heavy atom. The number of ether oxygens (including phenoxy) is 1. The lowest BCUT2D eigenvalue weighted by Crippen LogP contribution is -2.10. The molecule has 0 fully saturated rings. The lowest BCUT2D eigenvalue weighted by atomic mass is 10.2. The summed E-state index contributed by atoms with van der Waals surface area (Å²) in [5.41, 5.74) is 2.98. The van der Waals surface area contributed by atoms with E-state index in [0.29, 0.717) is 23.7 Å². The van der Waals surface area contributed by atoms with Gasteiger partial charge >= 0.3 is 0 Å². The van der Waals surface area contributed by atoms with E-state index in [9.17, 15) is 4.79 Å². The van der Waals surface area contributed by atoms with Crippen molar-refractivity contribution in [3.05, 3.63) is 54.9 Å². The lowest BCUT2D eigenvalue weighted by Gasteiger charge is -2.09. The third-order valence-electron chi connectivity index (χ3n) is 3.93. The second-order valence-electron chi connectivity index (χ2n) is 5.85. The van der Waals surface area contributed by atoms with Crippen LogP contribution < -0.4 is 10.1 Å². The van der Waals surface area contributed by atoms with Gasteiger partial charge in [-0.3, -0.25) is 9.20 Å². The van der Waals surface area contributed by atoms with Crippen LogP contribution in [-0.4, -0.2) is 25.5 Å². The molecular weight excluding hydrogens is 330 g/mol. The molecule has 1 amide bonds. The van der Waals surface area contributed by atoms with Crippen LogP contribution in [0.5, 0.6) is 11.6 Å². The smallest absolute Gasteiger partial charge is 0.266 e. The Morgan fingerprint density at radius 1 is 1.15 bits per heavy atom. The number of nitrogens with zero attached hydrogens (tertiary/aromatic N) is 4. The summed E-state index contributed by atoms with van der Waals surface area (Å²) in [7, 11) is 0. The first-order chi connectivity index (χ1) is 12.7. The normalized spacial score (nSPS) is 11.0. The van der Waals surface area contributed by atoms with Gasteiger partial charge in [-0.1, -0.05) is 19.1 Å². The largest absolute Gasteiger partial charge is 0.436 e. The minimum absolute atomic E-state index is 0.00235. The lowest BCUT2D eigenvalue weighted by molar-refractivity contribution is -0.116. The van der Waals surface area contributed by atoms with Crippen LogP contribution in [0, 0.1) is 0 Å². The number of carbonyl (C=O) groups is 1. The molecule has 4 rings (SSSR count). The molecule has 26 heavy (non-hydrogen) atoms. The maximum Gasteiger partial charge on any atom is 0.266 e. The number of amides is 1. The Balaban J connectivity index is 1.62. The number of nitrogens with one attached hydrogen (secondary N) is 1. The highest BCUT2D eigenvalue weighted by molar-refractivity contribution is 5.90. The van der Waals surface area contributed by atoms with Crippen LogP contribution in [0.3, 0.4) is 0 Å². The first kappa shape index (κ1) is 16.0. The molecule has 2 aromatic carbocycles. The van der Waals surface area contributed by atoms with E-state index < -0.39 is 0 Å². The number of rotatable bonds is 5. The molecule has 130 valence electrons. The van der Waals surface area contributed by atoms with Crippen molar-refractivity contribution in [2.75, 3.05) is 5.32 Å². The van der Waals surface area contributed by atoms with E-state index in [1.165, 1.54) is 0 Å². The monoisotopic (exact) mass is 347 g/mol. The molecule has 0 aliphatic rings. The number of hydrogen-bond acceptors (Lipinski definition) is 5. The zero-order valence-electron chi connectivity index (χ0n) is 14.2. The van der Waals surface area contributed by atoms with Crippen LogP contribution in [0.25, 0.3) is 16.7 Å². The van der Waals surface area contributed by atoms with E-state index in [-0.39, 0.29) is 5.91 Å². The second-order valence-corrected chi connectivity index (χ2v) is 5.85. The molecule has 4 aromatic rings. The Labute approximate surface area is 149 Å². The van der Waals surface area contributed by atoms with Crippen molar-refractivity contribution < 1.29 is 9.53 Å². The van der Waals surface area contributed by atoms with Gasteiger partial charge in [-0.15, -0.1) is 10.2 Å². The van der Waals surface area contributed by atoms with Gasteiger partial charge in [0.15, 0.2) is 0 Å². The van der Waals surface area contributed by atoms with Crippen molar-refractivity contribution in [2.24, 2.45) is 0 Å². The maximum atomic E-state index is 11.7. The molecule has 2 aromatic heterocycles. The minimum atomic E-state index is 0.00235. The summed E-state index contributed by atoms with van der Waals surface area (Å²) in [4.78, 5) is 16.2. The van der Waals surface area contributed by atoms with Crippen LogP contribution >= 0.6 is 0 Å². The molecule has 0 aliphatic carbocycles. The van der Waals surface area contributed by atoms with Crippen LogP contribution in [0.4, 0.5) is 5.69 Å². The fraction of sp³-hybridized carbons (Fsp3) is 0.158. The van der Waals surface area contributed by atoms with Crippen molar-refractivity contribution in [3.8, 4) is 11.6 Å². The molecule has 7 heteroatoms. The zero-order valence-corrected chi connectivity index (χ0v) is 14.2. The summed E-state index contributed by atoms with van der Waals surface area (Å²) >= 11 is 0. The second kappa shape index (κ2) is 6.79. The Morgan fingerprint density at radius 3 is 2.77 bits per heavy atom. The number of benzene rings is 2. The van der Waals surface area contributed by atoms with Gasteiger partial charge in [-0.25, -0.2) is 4.98 Å². The van der Waals surface area contributed by atoms with Gasteiger partial charge in [0.2, 0.25) is 11.6 Å². The number of fused-ring (bicyclic) bond motifs is 3. The molecule has 0 saturated heterocycles. The molecule has 0 radical (unpaired) electrons. The predicted octanol–water partition coefficient (Wildman–Crippen LogP) is 3.81. The third kappa shape index (κ3) is 3.06. The van der Waals surface area contributed by atoms with E-state index >= 15 is 0 Å². The van der Waals surface area contributed by atoms with E-state index in [1.54, 1.807) is 30.6 Å². The Hall–Kier alpha value is -3.48. The summed E-state index contributed by atoms with van der Waals surface area (Å²) in [6.45, 7) is 1.97. The van der Waals surface area contributed by atoms with Crippen molar-refractivity contribution in [1.29, 1.82) is 0 Å². The maximum absolute atomic E-state index is 11.7. The average Bonchev–Trinajstić information content (AvgIpc) is 3.14. The fourth-order valence-electron chi connectivity index (χ4n) is 2.72. The zero-order chi connectivity index (χ0) is 17.9. The number of aromatic nitrogens is 4. The van der Waals surface area contributed by atoms with Gasteiger partial charge in [-0.05, 0) is 42.8 Å². The summed E-state index contributed by atoms with van der Waals surface area (Å²) in [6.07, 6.45) is 2.96. The quantitative estimate of drug-likeness (QED) is 0.594. The van der Waals surface area contributed by atoms with E-state index in [4.69, 9.17) is 4.74 Å². The van der Waals surface area contributed by atoms with Crippen molar-refractivity contribution in [2.45, 2.75) is 19.8 Å². The average molecular weight is 347 g/mol. The minimum Gasteiger partial charge on any atom is -0.436 e. The Bertz CT molecular complexity index is 1070. The molecule has 2 heterocycles. The number of anilines is 1. The summed E-state index contributed by atoms with van der Waals surface area (Å²) < 4.78 is 7.76. The number of hydrogen-bond donors (Lipinski definition) is 1. The fourth-order valence-corrected chi connectivity index (χ4v) is 2.72. The Kier molecular flexibility index (Phi) is 4.18. The van der Waals surface area contributed by atoms with Gasteiger partial charge in [-0.2, -0.15) is 0 Å². The highest BCUT2D eigenvalue weighted by Crippen LogP contribution is 2.27. The van der Waals surface area contributed by atoms with Crippen LogP contribution in [-0.2, 0) is 4.79 Å². The standard InChI is InChI=1S/C19H17N5O2/c1-2-5-17(25)21-13-8-10-14(11-9-13)26-19-18-23-20-12-24(18)16-7-4-3-6-15(16)22-19/h3-4,6-12H,2,5H2,1H3,(H,21,25). The molecular formula is C19H17N5O2. The van der Waals surface area contributed by atoms with Crippen LogP contribution in [0.15, 0.2) is 54.9 Å².